The number of nitrogens with one attached hydrogen (secondary N) is 2. The summed E-state index contributed by atoms with van der Waals surface area (Å²) in [6.07, 6.45) is 0.819. The Bertz CT molecular complexity index is 961. The fourth-order valence-electron chi connectivity index (χ4n) is 3.80. The molecule has 0 radical (unpaired) electrons. The third kappa shape index (κ3) is 5.64. The third-order valence-electron chi connectivity index (χ3n) is 5.43. The van der Waals surface area contributed by atoms with Gasteiger partial charge < -0.3 is 20.1 Å². The number of hydrogen-bond donors (Lipinski definition) is 2. The summed E-state index contributed by atoms with van der Waals surface area (Å²) in [6, 6.07) is 25.8. The maximum atomic E-state index is 12.5. The van der Waals surface area contributed by atoms with Gasteiger partial charge in [0.05, 0.1) is 14.2 Å². The van der Waals surface area contributed by atoms with Gasteiger partial charge in [0.25, 0.3) is 0 Å². The molecule has 1 amide bonds. The minimum absolute atomic E-state index is 0.0476. The van der Waals surface area contributed by atoms with Gasteiger partial charge in [0.2, 0.25) is 5.91 Å². The number of benzene rings is 3. The smallest absolute Gasteiger partial charge is 0.241 e. The molecule has 0 bridgehead atoms. The number of carbonyl (C=O) groups excluding carboxylic acids is 1. The van der Waals surface area contributed by atoms with Gasteiger partial charge in [0, 0.05) is 13.0 Å². The van der Waals surface area contributed by atoms with Gasteiger partial charge in [-0.15, -0.1) is 0 Å². The summed E-state index contributed by atoms with van der Waals surface area (Å²) in [4.78, 5) is 12.5. The quantitative estimate of drug-likeness (QED) is 0.515. The van der Waals surface area contributed by atoms with E-state index in [-0.39, 0.29) is 11.8 Å². The van der Waals surface area contributed by atoms with E-state index in [0.717, 1.165) is 17.5 Å². The largest absolute Gasteiger partial charge is 0.493 e. The predicted octanol–water partition coefficient (Wildman–Crippen LogP) is 4.30. The SMILES string of the molecule is CNC(=O)[C@H](NCC[C@@H](c1ccccc1)c1ccc(OC)c(OC)c1)c1ccccc1. The Kier molecular flexibility index (Phi) is 8.07. The molecule has 5 heteroatoms. The Hall–Kier alpha value is -3.31. The fourth-order valence-corrected chi connectivity index (χ4v) is 3.80. The maximum Gasteiger partial charge on any atom is 0.241 e. The van der Waals surface area contributed by atoms with Crippen LogP contribution in [0.25, 0.3) is 0 Å². The molecule has 0 aromatic heterocycles. The molecule has 0 aliphatic carbocycles. The number of carbonyl (C=O) groups is 1. The molecule has 0 saturated heterocycles. The maximum absolute atomic E-state index is 12.5. The number of ether oxygens (including phenoxy) is 2. The molecular formula is C26H30N2O3. The summed E-state index contributed by atoms with van der Waals surface area (Å²) in [5.74, 6) is 1.52. The Morgan fingerprint density at radius 1 is 0.806 bits per heavy atom. The van der Waals surface area contributed by atoms with Crippen molar-refractivity contribution in [1.82, 2.24) is 10.6 Å². The zero-order valence-electron chi connectivity index (χ0n) is 18.3. The van der Waals surface area contributed by atoms with Crippen LogP contribution in [0.1, 0.15) is 35.1 Å². The first kappa shape index (κ1) is 22.4. The van der Waals surface area contributed by atoms with Crippen molar-refractivity contribution in [2.24, 2.45) is 0 Å². The lowest BCUT2D eigenvalue weighted by Gasteiger charge is -2.22. The molecule has 0 spiro atoms. The molecule has 0 heterocycles. The van der Waals surface area contributed by atoms with Crippen molar-refractivity contribution >= 4 is 5.91 Å². The highest BCUT2D eigenvalue weighted by Crippen LogP contribution is 2.35. The fraction of sp³-hybridized carbons (Fsp3) is 0.269. The Morgan fingerprint density at radius 3 is 2.00 bits per heavy atom. The van der Waals surface area contributed by atoms with Gasteiger partial charge in [0.1, 0.15) is 6.04 Å². The van der Waals surface area contributed by atoms with Crippen LogP contribution in [-0.2, 0) is 4.79 Å². The molecule has 31 heavy (non-hydrogen) atoms. The van der Waals surface area contributed by atoms with Gasteiger partial charge in [-0.3, -0.25) is 4.79 Å². The second-order valence-corrected chi connectivity index (χ2v) is 7.28. The molecule has 0 saturated carbocycles. The van der Waals surface area contributed by atoms with E-state index in [0.29, 0.717) is 18.0 Å². The van der Waals surface area contributed by atoms with Gasteiger partial charge in [-0.05, 0) is 41.8 Å². The van der Waals surface area contributed by atoms with Crippen LogP contribution < -0.4 is 20.1 Å². The first-order chi connectivity index (χ1) is 15.2. The molecule has 0 fully saturated rings. The number of amides is 1. The summed E-state index contributed by atoms with van der Waals surface area (Å²) in [7, 11) is 4.95. The topological polar surface area (TPSA) is 59.6 Å². The average molecular weight is 419 g/mol. The Balaban J connectivity index is 1.82. The highest BCUT2D eigenvalue weighted by atomic mass is 16.5. The van der Waals surface area contributed by atoms with E-state index in [9.17, 15) is 4.79 Å². The van der Waals surface area contributed by atoms with Crippen LogP contribution in [0.5, 0.6) is 11.5 Å². The van der Waals surface area contributed by atoms with Crippen LogP contribution in [0.4, 0.5) is 0 Å². The number of methoxy groups -OCH3 is 2. The van der Waals surface area contributed by atoms with Crippen molar-refractivity contribution < 1.29 is 14.3 Å². The minimum atomic E-state index is -0.395. The van der Waals surface area contributed by atoms with Gasteiger partial charge in [-0.1, -0.05) is 66.7 Å². The highest BCUT2D eigenvalue weighted by molar-refractivity contribution is 5.82. The molecule has 3 aromatic rings. The first-order valence-corrected chi connectivity index (χ1v) is 10.4. The van der Waals surface area contributed by atoms with Gasteiger partial charge >= 0.3 is 0 Å². The zero-order chi connectivity index (χ0) is 22.1. The predicted molar refractivity (Wildman–Crippen MR) is 124 cm³/mol. The minimum Gasteiger partial charge on any atom is -0.493 e. The van der Waals surface area contributed by atoms with Gasteiger partial charge in [0.15, 0.2) is 11.5 Å². The third-order valence-corrected chi connectivity index (χ3v) is 5.43. The zero-order valence-corrected chi connectivity index (χ0v) is 18.3. The van der Waals surface area contributed by atoms with Crippen LogP contribution >= 0.6 is 0 Å². The summed E-state index contributed by atoms with van der Waals surface area (Å²) >= 11 is 0. The van der Waals surface area contributed by atoms with Crippen molar-refractivity contribution in [3.05, 3.63) is 95.6 Å². The average Bonchev–Trinajstić information content (AvgIpc) is 2.84. The molecule has 0 aliphatic rings. The molecule has 2 N–H and O–H groups in total. The molecule has 0 aliphatic heterocycles. The van der Waals surface area contributed by atoms with Crippen LogP contribution in [0, 0.1) is 0 Å². The molecular weight excluding hydrogens is 388 g/mol. The van der Waals surface area contributed by atoms with E-state index in [1.165, 1.54) is 5.56 Å². The van der Waals surface area contributed by atoms with E-state index in [1.807, 2.05) is 60.7 Å². The summed E-state index contributed by atoms with van der Waals surface area (Å²) in [5.41, 5.74) is 3.30. The summed E-state index contributed by atoms with van der Waals surface area (Å²) < 4.78 is 10.9. The highest BCUT2D eigenvalue weighted by Gasteiger charge is 2.21. The lowest BCUT2D eigenvalue weighted by atomic mass is 9.88. The van der Waals surface area contributed by atoms with Crippen LogP contribution in [0.2, 0.25) is 0 Å². The van der Waals surface area contributed by atoms with Crippen LogP contribution in [0.3, 0.4) is 0 Å². The van der Waals surface area contributed by atoms with E-state index in [2.05, 4.69) is 28.8 Å². The summed E-state index contributed by atoms with van der Waals surface area (Å²) in [6.45, 7) is 0.668. The Labute approximate surface area is 184 Å². The molecule has 5 nitrogen and oxygen atoms in total. The monoisotopic (exact) mass is 418 g/mol. The van der Waals surface area contributed by atoms with Crippen molar-refractivity contribution in [3.63, 3.8) is 0 Å². The van der Waals surface area contributed by atoms with E-state index in [4.69, 9.17) is 9.47 Å². The van der Waals surface area contributed by atoms with Crippen molar-refractivity contribution in [1.29, 1.82) is 0 Å². The molecule has 3 aromatic carbocycles. The molecule has 0 unspecified atom stereocenters. The number of rotatable bonds is 10. The number of hydrogen-bond acceptors (Lipinski definition) is 4. The normalized spacial score (nSPS) is 12.6. The Morgan fingerprint density at radius 2 is 1.42 bits per heavy atom. The lowest BCUT2D eigenvalue weighted by Crippen LogP contribution is -2.36. The summed E-state index contributed by atoms with van der Waals surface area (Å²) in [5, 5.41) is 6.20. The van der Waals surface area contributed by atoms with Gasteiger partial charge in [-0.2, -0.15) is 0 Å². The molecule has 162 valence electrons. The van der Waals surface area contributed by atoms with Crippen molar-refractivity contribution in [2.45, 2.75) is 18.4 Å². The first-order valence-electron chi connectivity index (χ1n) is 10.4. The van der Waals surface area contributed by atoms with Crippen LogP contribution in [0.15, 0.2) is 78.9 Å². The molecule has 2 atom stereocenters. The van der Waals surface area contributed by atoms with Crippen LogP contribution in [-0.4, -0.2) is 33.7 Å². The second kappa shape index (κ2) is 11.2. The molecule has 3 rings (SSSR count). The van der Waals surface area contributed by atoms with Crippen molar-refractivity contribution in [2.75, 3.05) is 27.8 Å². The second-order valence-electron chi connectivity index (χ2n) is 7.28. The van der Waals surface area contributed by atoms with E-state index in [1.54, 1.807) is 21.3 Å². The van der Waals surface area contributed by atoms with E-state index < -0.39 is 6.04 Å². The lowest BCUT2D eigenvalue weighted by molar-refractivity contribution is -0.122. The van der Waals surface area contributed by atoms with E-state index >= 15 is 0 Å². The van der Waals surface area contributed by atoms with Gasteiger partial charge in [-0.25, -0.2) is 0 Å². The number of likely N-dealkylation sites (N-methyl/N-ethyl adjacent to an activating group) is 1. The van der Waals surface area contributed by atoms with Crippen molar-refractivity contribution in [3.8, 4) is 11.5 Å². The standard InChI is InChI=1S/C26H30N2O3/c1-27-26(29)25(20-12-8-5-9-13-20)28-17-16-22(19-10-6-4-7-11-19)21-14-15-23(30-2)24(18-21)31-3/h4-15,18,22,25,28H,16-17H2,1-3H3,(H,27,29)/t22-,25+/m0/s1.